The minimum atomic E-state index is -1.19. The van der Waals surface area contributed by atoms with Gasteiger partial charge < -0.3 is 10.2 Å². The summed E-state index contributed by atoms with van der Waals surface area (Å²) >= 11 is 0.149. The Kier molecular flexibility index (Phi) is 21.1. The molecule has 0 fully saturated rings. The van der Waals surface area contributed by atoms with Crippen LogP contribution in [-0.2, 0) is 9.59 Å². The van der Waals surface area contributed by atoms with Crippen LogP contribution in [0.15, 0.2) is 11.6 Å². The first-order chi connectivity index (χ1) is 11.9. The van der Waals surface area contributed by atoms with Crippen LogP contribution in [0.3, 0.4) is 0 Å². The number of carboxylic acids is 2. The Morgan fingerprint density at radius 2 is 1.44 bits per heavy atom. The van der Waals surface area contributed by atoms with E-state index in [-0.39, 0.29) is 32.6 Å². The van der Waals surface area contributed by atoms with Crippen molar-refractivity contribution in [3.63, 3.8) is 0 Å². The normalized spacial score (nSPS) is 12.2. The summed E-state index contributed by atoms with van der Waals surface area (Å²) < 4.78 is 3.25. The first-order valence-corrected chi connectivity index (χ1v) is 13.8. The molecule has 0 aliphatic heterocycles. The van der Waals surface area contributed by atoms with Crippen molar-refractivity contribution in [3.8, 4) is 0 Å². The van der Waals surface area contributed by atoms with Gasteiger partial charge in [0, 0.05) is 11.6 Å². The van der Waals surface area contributed by atoms with E-state index in [2.05, 4.69) is 20.8 Å². The summed E-state index contributed by atoms with van der Waals surface area (Å²) in [5, 5.41) is 17.4. The number of rotatable bonds is 14. The molecule has 1 atom stereocenters. The van der Waals surface area contributed by atoms with E-state index >= 15 is 0 Å². The summed E-state index contributed by atoms with van der Waals surface area (Å²) in [6.07, 6.45) is 10.9. The van der Waals surface area contributed by atoms with Crippen molar-refractivity contribution >= 4 is 33.1 Å². The van der Waals surface area contributed by atoms with E-state index in [1.165, 1.54) is 25.7 Å². The predicted octanol–water partition coefficient (Wildman–Crippen LogP) is 5.82. The molecule has 4 nitrogen and oxygen atoms in total. The third kappa shape index (κ3) is 19.6. The Labute approximate surface area is 164 Å². The molecule has 2 radical (unpaired) electrons. The molecule has 0 heterocycles. The average molecular weight is 461 g/mol. The van der Waals surface area contributed by atoms with Crippen LogP contribution in [0.5, 0.6) is 0 Å². The minimum absolute atomic E-state index is 0.00421. The van der Waals surface area contributed by atoms with Gasteiger partial charge in [-0.15, -0.1) is 0 Å². The molecule has 25 heavy (non-hydrogen) atoms. The van der Waals surface area contributed by atoms with E-state index < -0.39 is 11.9 Å². The molecule has 146 valence electrons. The Morgan fingerprint density at radius 3 is 1.80 bits per heavy atom. The van der Waals surface area contributed by atoms with Gasteiger partial charge in [-0.2, -0.15) is 0 Å². The van der Waals surface area contributed by atoms with Gasteiger partial charge in [0.15, 0.2) is 0 Å². The van der Waals surface area contributed by atoms with Crippen molar-refractivity contribution in [2.75, 3.05) is 0 Å². The molecule has 0 rings (SSSR count). The second-order valence-corrected chi connectivity index (χ2v) is 10.7. The van der Waals surface area contributed by atoms with Crippen LogP contribution in [-0.4, -0.2) is 43.3 Å². The number of hydrogen-bond donors (Lipinski definition) is 2. The van der Waals surface area contributed by atoms with Crippen molar-refractivity contribution < 1.29 is 19.8 Å². The third-order valence-corrected chi connectivity index (χ3v) is 8.07. The standard InChI is InChI=1S/C12H20O4.2C4H9.Sn/c1-3-5-6-9(4-2)7-10(12(15)16)8-11(13)14;2*1-3-4-2;/h8-9H,3-7H2,1-2H3,(H,13,14)(H,15,16);2*1,3-4H2,2H3;/b10-8-;;;. The summed E-state index contributed by atoms with van der Waals surface area (Å²) in [6, 6.07) is 0. The molecule has 1 unspecified atom stereocenters. The molecule has 0 aliphatic rings. The topological polar surface area (TPSA) is 74.6 Å². The summed E-state index contributed by atoms with van der Waals surface area (Å²) in [6.45, 7) is 8.66. The van der Waals surface area contributed by atoms with Crippen molar-refractivity contribution in [3.05, 3.63) is 11.6 Å². The van der Waals surface area contributed by atoms with Gasteiger partial charge in [0.1, 0.15) is 0 Å². The summed E-state index contributed by atoms with van der Waals surface area (Å²) in [4.78, 5) is 21.3. The van der Waals surface area contributed by atoms with Gasteiger partial charge in [0.25, 0.3) is 0 Å². The summed E-state index contributed by atoms with van der Waals surface area (Å²) in [5.74, 6) is -2.05. The van der Waals surface area contributed by atoms with Gasteiger partial charge in [-0.05, 0) is 12.3 Å². The zero-order valence-electron chi connectivity index (χ0n) is 16.6. The second-order valence-electron chi connectivity index (χ2n) is 6.39. The zero-order valence-corrected chi connectivity index (χ0v) is 19.5. The third-order valence-electron chi connectivity index (χ3n) is 4.04. The summed E-state index contributed by atoms with van der Waals surface area (Å²) in [7, 11) is 0. The second kappa shape index (κ2) is 19.8. The van der Waals surface area contributed by atoms with E-state index in [0.717, 1.165) is 31.8 Å². The first kappa shape index (κ1) is 26.7. The number of unbranched alkanes of at least 4 members (excludes halogenated alkanes) is 3. The van der Waals surface area contributed by atoms with Crippen LogP contribution in [0.1, 0.15) is 85.5 Å². The van der Waals surface area contributed by atoms with Gasteiger partial charge in [-0.3, -0.25) is 0 Å². The van der Waals surface area contributed by atoms with Crippen LogP contribution in [0.25, 0.3) is 0 Å². The van der Waals surface area contributed by atoms with Gasteiger partial charge in [-0.25, -0.2) is 9.59 Å². The SMILES string of the molecule is CCCCC(CC)C/C(=C/C(=O)O)C(=O)O.CCC[CH2][Sn][CH2]CCC. The number of aliphatic carboxylic acids is 2. The van der Waals surface area contributed by atoms with E-state index in [1.54, 1.807) is 8.87 Å². The molecule has 0 bridgehead atoms. The number of carboxylic acid groups (broad SMARTS) is 2. The van der Waals surface area contributed by atoms with Crippen LogP contribution < -0.4 is 0 Å². The van der Waals surface area contributed by atoms with Gasteiger partial charge in [-0.1, -0.05) is 39.5 Å². The van der Waals surface area contributed by atoms with Crippen molar-refractivity contribution in [1.82, 2.24) is 0 Å². The zero-order chi connectivity index (χ0) is 19.5. The fourth-order valence-electron chi connectivity index (χ4n) is 2.34. The van der Waals surface area contributed by atoms with Crippen LogP contribution >= 0.6 is 0 Å². The Morgan fingerprint density at radius 1 is 0.920 bits per heavy atom. The van der Waals surface area contributed by atoms with E-state index in [1.807, 2.05) is 6.92 Å². The maximum atomic E-state index is 10.8. The monoisotopic (exact) mass is 462 g/mol. The van der Waals surface area contributed by atoms with Crippen LogP contribution in [0.4, 0.5) is 0 Å². The average Bonchev–Trinajstić information content (AvgIpc) is 2.57. The van der Waals surface area contributed by atoms with Crippen molar-refractivity contribution in [2.24, 2.45) is 5.92 Å². The van der Waals surface area contributed by atoms with E-state index in [4.69, 9.17) is 10.2 Å². The van der Waals surface area contributed by atoms with Gasteiger partial charge in [0.05, 0.1) is 0 Å². The molecule has 0 amide bonds. The Bertz CT molecular complexity index is 361. The van der Waals surface area contributed by atoms with E-state index in [0.29, 0.717) is 6.42 Å². The molecule has 2 N–H and O–H groups in total. The van der Waals surface area contributed by atoms with Gasteiger partial charge in [0.2, 0.25) is 0 Å². The van der Waals surface area contributed by atoms with Crippen LogP contribution in [0, 0.1) is 5.92 Å². The molecule has 0 saturated heterocycles. The molecule has 0 aliphatic carbocycles. The molecular formula is C20H38O4Sn. The Balaban J connectivity index is 0. The quantitative estimate of drug-likeness (QED) is 0.194. The fraction of sp³-hybridized carbons (Fsp3) is 0.800. The predicted molar refractivity (Wildman–Crippen MR) is 106 cm³/mol. The first-order valence-electron chi connectivity index (χ1n) is 9.80. The number of hydrogen-bond acceptors (Lipinski definition) is 2. The summed E-state index contributed by atoms with van der Waals surface area (Å²) in [5.41, 5.74) is -0.00421. The molecule has 0 saturated carbocycles. The Hall–Kier alpha value is -0.521. The van der Waals surface area contributed by atoms with Crippen molar-refractivity contribution in [2.45, 2.75) is 94.4 Å². The van der Waals surface area contributed by atoms with Crippen molar-refractivity contribution in [1.29, 1.82) is 0 Å². The molecule has 5 heteroatoms. The van der Waals surface area contributed by atoms with E-state index in [9.17, 15) is 9.59 Å². The fourth-order valence-corrected chi connectivity index (χ4v) is 6.50. The van der Waals surface area contributed by atoms with Crippen LogP contribution in [0.2, 0.25) is 8.87 Å². The van der Waals surface area contributed by atoms with Gasteiger partial charge >= 0.3 is 81.5 Å². The molecule has 0 aromatic heterocycles. The number of carbonyl (C=O) groups is 2. The maximum absolute atomic E-state index is 10.8. The molecule has 0 aromatic rings. The molecule has 0 aromatic carbocycles. The molecule has 0 spiro atoms. The molecular weight excluding hydrogens is 423 g/mol.